The molecule has 1 atom stereocenters. The lowest BCUT2D eigenvalue weighted by Crippen LogP contribution is -2.40. The summed E-state index contributed by atoms with van der Waals surface area (Å²) in [5, 5.41) is 2.32. The molecule has 17 heavy (non-hydrogen) atoms. The number of hydrogen-bond acceptors (Lipinski definition) is 3. The third-order valence-electron chi connectivity index (χ3n) is 1.71. The number of ether oxygens (including phenoxy) is 1. The van der Waals surface area contributed by atoms with Crippen LogP contribution in [0.5, 0.6) is 0 Å². The van der Waals surface area contributed by atoms with Crippen LogP contribution in [0.3, 0.4) is 0 Å². The third-order valence-corrected chi connectivity index (χ3v) is 1.71. The molecule has 0 aliphatic carbocycles. The van der Waals surface area contributed by atoms with Crippen LogP contribution in [0.4, 0.5) is 18.0 Å². The van der Waals surface area contributed by atoms with Gasteiger partial charge < -0.3 is 15.8 Å². The summed E-state index contributed by atoms with van der Waals surface area (Å²) < 4.78 is 40.5. The van der Waals surface area contributed by atoms with Crippen LogP contribution in [-0.2, 0) is 4.74 Å². The van der Waals surface area contributed by atoms with Crippen molar-refractivity contribution in [3.05, 3.63) is 0 Å². The van der Waals surface area contributed by atoms with Gasteiger partial charge in [0.15, 0.2) is 0 Å². The standard InChI is InChI=1S/C10H19F3N2O2/c1-9(2,3)17-8(16)15-6-7(14)4-5-10(11,12)13/h7H,4-6,14H2,1-3H3,(H,15,16). The number of halogens is 3. The Kier molecular flexibility index (Phi) is 5.74. The molecule has 0 saturated heterocycles. The molecule has 0 aromatic carbocycles. The van der Waals surface area contributed by atoms with Crippen LogP contribution in [0.15, 0.2) is 0 Å². The number of hydrogen-bond donors (Lipinski definition) is 2. The molecule has 0 fully saturated rings. The summed E-state index contributed by atoms with van der Waals surface area (Å²) in [5.41, 5.74) is 4.78. The quantitative estimate of drug-likeness (QED) is 0.810. The molecule has 0 saturated carbocycles. The van der Waals surface area contributed by atoms with Gasteiger partial charge in [0, 0.05) is 19.0 Å². The maximum absolute atomic E-state index is 11.9. The summed E-state index contributed by atoms with van der Waals surface area (Å²) in [7, 11) is 0. The van der Waals surface area contributed by atoms with E-state index in [1.807, 2.05) is 0 Å². The average molecular weight is 256 g/mol. The second-order valence-electron chi connectivity index (χ2n) is 4.80. The molecular formula is C10H19F3N2O2. The fraction of sp³-hybridized carbons (Fsp3) is 0.900. The van der Waals surface area contributed by atoms with E-state index in [0.29, 0.717) is 0 Å². The van der Waals surface area contributed by atoms with Crippen molar-refractivity contribution in [3.8, 4) is 0 Å². The predicted octanol–water partition coefficient (Wildman–Crippen LogP) is 2.18. The Balaban J connectivity index is 3.77. The molecule has 0 spiro atoms. The Morgan fingerprint density at radius 2 is 1.88 bits per heavy atom. The van der Waals surface area contributed by atoms with Gasteiger partial charge in [-0.15, -0.1) is 0 Å². The molecule has 0 radical (unpaired) electrons. The second-order valence-corrected chi connectivity index (χ2v) is 4.80. The van der Waals surface area contributed by atoms with Crippen molar-refractivity contribution in [1.82, 2.24) is 5.32 Å². The van der Waals surface area contributed by atoms with Crippen molar-refractivity contribution >= 4 is 6.09 Å². The fourth-order valence-corrected chi connectivity index (χ4v) is 0.980. The zero-order valence-electron chi connectivity index (χ0n) is 10.2. The summed E-state index contributed by atoms with van der Waals surface area (Å²) in [5.74, 6) is 0. The van der Waals surface area contributed by atoms with E-state index in [1.54, 1.807) is 20.8 Å². The molecule has 1 amide bonds. The van der Waals surface area contributed by atoms with Crippen LogP contribution in [0.25, 0.3) is 0 Å². The van der Waals surface area contributed by atoms with Crippen molar-refractivity contribution in [2.24, 2.45) is 5.73 Å². The maximum Gasteiger partial charge on any atom is 0.407 e. The van der Waals surface area contributed by atoms with Crippen LogP contribution >= 0.6 is 0 Å². The van der Waals surface area contributed by atoms with E-state index in [0.717, 1.165) is 0 Å². The first-order valence-electron chi connectivity index (χ1n) is 5.29. The van der Waals surface area contributed by atoms with E-state index in [2.05, 4.69) is 5.32 Å². The number of carbonyl (C=O) groups is 1. The highest BCUT2D eigenvalue weighted by atomic mass is 19.4. The van der Waals surface area contributed by atoms with E-state index in [4.69, 9.17) is 10.5 Å². The number of alkyl carbamates (subject to hydrolysis) is 1. The molecule has 7 heteroatoms. The molecule has 3 N–H and O–H groups in total. The average Bonchev–Trinajstić information content (AvgIpc) is 2.07. The zero-order valence-corrected chi connectivity index (χ0v) is 10.2. The first-order chi connectivity index (χ1) is 7.49. The Bertz CT molecular complexity index is 249. The second kappa shape index (κ2) is 6.09. The molecule has 0 aliphatic heterocycles. The van der Waals surface area contributed by atoms with Crippen LogP contribution in [0, 0.1) is 0 Å². The highest BCUT2D eigenvalue weighted by Crippen LogP contribution is 2.21. The first-order valence-corrected chi connectivity index (χ1v) is 5.29. The van der Waals surface area contributed by atoms with Gasteiger partial charge in [-0.3, -0.25) is 0 Å². The van der Waals surface area contributed by atoms with E-state index >= 15 is 0 Å². The van der Waals surface area contributed by atoms with Crippen LogP contribution in [0.1, 0.15) is 33.6 Å². The Labute approximate surface area is 98.7 Å². The molecule has 4 nitrogen and oxygen atoms in total. The summed E-state index contributed by atoms with van der Waals surface area (Å²) in [4.78, 5) is 11.2. The molecule has 0 aromatic rings. The van der Waals surface area contributed by atoms with Crippen molar-refractivity contribution in [2.75, 3.05) is 6.54 Å². The number of amides is 1. The minimum Gasteiger partial charge on any atom is -0.444 e. The fourth-order valence-electron chi connectivity index (χ4n) is 0.980. The van der Waals surface area contributed by atoms with Gasteiger partial charge in [0.05, 0.1) is 0 Å². The van der Waals surface area contributed by atoms with Gasteiger partial charge in [0.1, 0.15) is 5.60 Å². The number of rotatable bonds is 4. The molecule has 1 unspecified atom stereocenters. The zero-order chi connectivity index (χ0) is 13.7. The molecule has 0 heterocycles. The monoisotopic (exact) mass is 256 g/mol. The Hall–Kier alpha value is -0.980. The predicted molar refractivity (Wildman–Crippen MR) is 57.5 cm³/mol. The van der Waals surface area contributed by atoms with Gasteiger partial charge in [0.25, 0.3) is 0 Å². The SMILES string of the molecule is CC(C)(C)OC(=O)NCC(N)CCC(F)(F)F. The summed E-state index contributed by atoms with van der Waals surface area (Å²) in [6.45, 7) is 5.04. The highest BCUT2D eigenvalue weighted by molar-refractivity contribution is 5.67. The normalized spacial score (nSPS) is 14.3. The van der Waals surface area contributed by atoms with E-state index < -0.39 is 30.3 Å². The summed E-state index contributed by atoms with van der Waals surface area (Å²) in [6.07, 6.45) is -6.08. The largest absolute Gasteiger partial charge is 0.444 e. The smallest absolute Gasteiger partial charge is 0.407 e. The van der Waals surface area contributed by atoms with Gasteiger partial charge in [-0.2, -0.15) is 13.2 Å². The van der Waals surface area contributed by atoms with E-state index in [-0.39, 0.29) is 13.0 Å². The number of alkyl halides is 3. The van der Waals surface area contributed by atoms with Crippen molar-refractivity contribution in [1.29, 1.82) is 0 Å². The molecular weight excluding hydrogens is 237 g/mol. The summed E-state index contributed by atoms with van der Waals surface area (Å²) in [6, 6.07) is -0.732. The number of nitrogens with one attached hydrogen (secondary N) is 1. The number of nitrogens with two attached hydrogens (primary N) is 1. The Morgan fingerprint density at radius 1 is 1.35 bits per heavy atom. The maximum atomic E-state index is 11.9. The topological polar surface area (TPSA) is 64.3 Å². The lowest BCUT2D eigenvalue weighted by Gasteiger charge is -2.20. The first kappa shape index (κ1) is 16.0. The van der Waals surface area contributed by atoms with Crippen molar-refractivity contribution in [3.63, 3.8) is 0 Å². The van der Waals surface area contributed by atoms with Crippen LogP contribution in [-0.4, -0.2) is 30.5 Å². The van der Waals surface area contributed by atoms with E-state index in [1.165, 1.54) is 0 Å². The molecule has 0 bridgehead atoms. The highest BCUT2D eigenvalue weighted by Gasteiger charge is 2.27. The Morgan fingerprint density at radius 3 is 2.29 bits per heavy atom. The van der Waals surface area contributed by atoms with Gasteiger partial charge in [-0.25, -0.2) is 4.79 Å². The van der Waals surface area contributed by atoms with Gasteiger partial charge >= 0.3 is 12.3 Å². The molecule has 0 aliphatic rings. The van der Waals surface area contributed by atoms with Crippen LogP contribution < -0.4 is 11.1 Å². The summed E-state index contributed by atoms with van der Waals surface area (Å²) >= 11 is 0. The van der Waals surface area contributed by atoms with Crippen molar-refractivity contribution in [2.45, 2.75) is 51.4 Å². The molecule has 102 valence electrons. The third kappa shape index (κ3) is 11.3. The molecule has 0 aromatic heterocycles. The van der Waals surface area contributed by atoms with Crippen molar-refractivity contribution < 1.29 is 22.7 Å². The lowest BCUT2D eigenvalue weighted by molar-refractivity contribution is -0.136. The van der Waals surface area contributed by atoms with Gasteiger partial charge in [-0.1, -0.05) is 0 Å². The minimum absolute atomic E-state index is 0.0367. The van der Waals surface area contributed by atoms with Crippen LogP contribution in [0.2, 0.25) is 0 Å². The minimum atomic E-state index is -4.22. The number of carbonyl (C=O) groups excluding carboxylic acids is 1. The molecule has 0 rings (SSSR count). The van der Waals surface area contributed by atoms with Gasteiger partial charge in [-0.05, 0) is 27.2 Å². The lowest BCUT2D eigenvalue weighted by atomic mass is 10.1. The van der Waals surface area contributed by atoms with Gasteiger partial charge in [0.2, 0.25) is 0 Å². The van der Waals surface area contributed by atoms with E-state index in [9.17, 15) is 18.0 Å².